The summed E-state index contributed by atoms with van der Waals surface area (Å²) in [5.41, 5.74) is 4.36. The maximum Gasteiger partial charge on any atom is 0.0525 e. The molecule has 0 saturated carbocycles. The first kappa shape index (κ1) is 9.19. The second-order valence-electron chi connectivity index (χ2n) is 3.69. The molecule has 3 N–H and O–H groups in total. The van der Waals surface area contributed by atoms with Crippen LogP contribution in [-0.4, -0.2) is 0 Å². The summed E-state index contributed by atoms with van der Waals surface area (Å²) in [4.78, 5) is 2.97. The van der Waals surface area contributed by atoms with Crippen LogP contribution in [0.4, 0.5) is 0 Å². The van der Waals surface area contributed by atoms with E-state index in [1.54, 1.807) is 10.4 Å². The lowest BCUT2D eigenvalue weighted by molar-refractivity contribution is 0.611. The van der Waals surface area contributed by atoms with E-state index < -0.39 is 0 Å². The molecule has 1 aliphatic rings. The first-order valence-electron chi connectivity index (χ1n) is 4.89. The number of thiophene rings is 1. The van der Waals surface area contributed by atoms with Gasteiger partial charge in [-0.25, -0.2) is 0 Å². The molecule has 0 amide bonds. The molecule has 0 aliphatic heterocycles. The third-order valence-corrected chi connectivity index (χ3v) is 4.11. The van der Waals surface area contributed by atoms with Gasteiger partial charge in [0.2, 0.25) is 0 Å². The van der Waals surface area contributed by atoms with Crippen LogP contribution >= 0.6 is 11.3 Å². The normalized spacial score (nSPS) is 18.3. The van der Waals surface area contributed by atoms with E-state index in [0.717, 1.165) is 0 Å². The van der Waals surface area contributed by atoms with E-state index in [1.807, 2.05) is 11.3 Å². The molecule has 0 bridgehead atoms. The molecule has 0 radical (unpaired) electrons. The van der Waals surface area contributed by atoms with Gasteiger partial charge in [-0.2, -0.15) is 0 Å². The SMILES string of the molecule is CC(NN)c1cc2c(s1)CCCC2. The van der Waals surface area contributed by atoms with E-state index >= 15 is 0 Å². The highest BCUT2D eigenvalue weighted by Crippen LogP contribution is 2.32. The van der Waals surface area contributed by atoms with Crippen LogP contribution in [0, 0.1) is 0 Å². The van der Waals surface area contributed by atoms with E-state index in [9.17, 15) is 0 Å². The number of nitrogens with two attached hydrogens (primary N) is 1. The number of aryl methyl sites for hydroxylation is 2. The predicted molar refractivity (Wildman–Crippen MR) is 56.7 cm³/mol. The van der Waals surface area contributed by atoms with Crippen molar-refractivity contribution in [2.24, 2.45) is 5.84 Å². The maximum atomic E-state index is 5.42. The number of rotatable bonds is 2. The molecule has 1 aliphatic carbocycles. The van der Waals surface area contributed by atoms with E-state index in [1.165, 1.54) is 30.6 Å². The summed E-state index contributed by atoms with van der Waals surface area (Å²) in [5, 5.41) is 0. The molecule has 2 rings (SSSR count). The van der Waals surface area contributed by atoms with Crippen molar-refractivity contribution in [1.29, 1.82) is 0 Å². The quantitative estimate of drug-likeness (QED) is 0.562. The highest BCUT2D eigenvalue weighted by atomic mass is 32.1. The third-order valence-electron chi connectivity index (χ3n) is 2.69. The second-order valence-corrected chi connectivity index (χ2v) is 4.86. The van der Waals surface area contributed by atoms with Crippen molar-refractivity contribution < 1.29 is 0 Å². The van der Waals surface area contributed by atoms with Crippen molar-refractivity contribution in [3.8, 4) is 0 Å². The van der Waals surface area contributed by atoms with Gasteiger partial charge in [-0.1, -0.05) is 0 Å². The smallest absolute Gasteiger partial charge is 0.0525 e. The Morgan fingerprint density at radius 3 is 2.92 bits per heavy atom. The summed E-state index contributed by atoms with van der Waals surface area (Å²) in [6.45, 7) is 2.11. The lowest BCUT2D eigenvalue weighted by atomic mass is 9.99. The van der Waals surface area contributed by atoms with E-state index in [-0.39, 0.29) is 0 Å². The largest absolute Gasteiger partial charge is 0.271 e. The molecule has 2 nitrogen and oxygen atoms in total. The number of hydrogen-bond donors (Lipinski definition) is 2. The van der Waals surface area contributed by atoms with Crippen molar-refractivity contribution in [1.82, 2.24) is 5.43 Å². The average molecular weight is 196 g/mol. The fourth-order valence-electron chi connectivity index (χ4n) is 1.81. The summed E-state index contributed by atoms with van der Waals surface area (Å²) >= 11 is 1.93. The molecular weight excluding hydrogens is 180 g/mol. The van der Waals surface area contributed by atoms with Gasteiger partial charge in [-0.3, -0.25) is 11.3 Å². The maximum absolute atomic E-state index is 5.42. The molecule has 0 fully saturated rings. The fourth-order valence-corrected chi connectivity index (χ4v) is 3.08. The Hall–Kier alpha value is -0.380. The van der Waals surface area contributed by atoms with Crippen LogP contribution in [0.1, 0.15) is 41.1 Å². The summed E-state index contributed by atoms with van der Waals surface area (Å²) in [6, 6.07) is 2.62. The van der Waals surface area contributed by atoms with E-state index in [2.05, 4.69) is 18.4 Å². The summed E-state index contributed by atoms with van der Waals surface area (Å²) < 4.78 is 0. The van der Waals surface area contributed by atoms with Gasteiger partial charge in [-0.05, 0) is 44.2 Å². The Morgan fingerprint density at radius 1 is 1.46 bits per heavy atom. The monoisotopic (exact) mass is 196 g/mol. The standard InChI is InChI=1S/C10H16N2S/c1-7(12-11)10-6-8-4-2-3-5-9(8)13-10/h6-7,12H,2-5,11H2,1H3. The Labute approximate surface area is 83.1 Å². The van der Waals surface area contributed by atoms with Crippen molar-refractivity contribution in [3.63, 3.8) is 0 Å². The summed E-state index contributed by atoms with van der Waals surface area (Å²) in [5.74, 6) is 5.42. The van der Waals surface area contributed by atoms with Crippen LogP contribution in [0.5, 0.6) is 0 Å². The van der Waals surface area contributed by atoms with Crippen molar-refractivity contribution in [2.45, 2.75) is 38.6 Å². The van der Waals surface area contributed by atoms with Crippen LogP contribution in [0.2, 0.25) is 0 Å². The number of hydrogen-bond acceptors (Lipinski definition) is 3. The summed E-state index contributed by atoms with van der Waals surface area (Å²) in [6.07, 6.45) is 5.26. The van der Waals surface area contributed by atoms with Gasteiger partial charge in [0.25, 0.3) is 0 Å². The van der Waals surface area contributed by atoms with Crippen LogP contribution < -0.4 is 11.3 Å². The highest BCUT2D eigenvalue weighted by Gasteiger charge is 2.15. The van der Waals surface area contributed by atoms with Gasteiger partial charge in [0.1, 0.15) is 0 Å². The van der Waals surface area contributed by atoms with E-state index in [0.29, 0.717) is 6.04 Å². The summed E-state index contributed by atoms with van der Waals surface area (Å²) in [7, 11) is 0. The van der Waals surface area contributed by atoms with Crippen molar-refractivity contribution in [3.05, 3.63) is 21.4 Å². The van der Waals surface area contributed by atoms with Gasteiger partial charge >= 0.3 is 0 Å². The lowest BCUT2D eigenvalue weighted by Gasteiger charge is -2.08. The van der Waals surface area contributed by atoms with Crippen LogP contribution in [0.25, 0.3) is 0 Å². The van der Waals surface area contributed by atoms with Gasteiger partial charge in [-0.15, -0.1) is 11.3 Å². The molecular formula is C10H16N2S. The molecule has 1 heterocycles. The van der Waals surface area contributed by atoms with Crippen LogP contribution in [-0.2, 0) is 12.8 Å². The zero-order valence-corrected chi connectivity index (χ0v) is 8.79. The number of hydrazine groups is 1. The molecule has 3 heteroatoms. The highest BCUT2D eigenvalue weighted by molar-refractivity contribution is 7.12. The number of fused-ring (bicyclic) bond motifs is 1. The molecule has 1 unspecified atom stereocenters. The molecule has 1 aromatic heterocycles. The zero-order chi connectivity index (χ0) is 9.26. The minimum absolute atomic E-state index is 0.301. The Kier molecular flexibility index (Phi) is 2.67. The molecule has 0 saturated heterocycles. The Bertz CT molecular complexity index is 270. The van der Waals surface area contributed by atoms with Gasteiger partial charge in [0.05, 0.1) is 6.04 Å². The van der Waals surface area contributed by atoms with Gasteiger partial charge < -0.3 is 0 Å². The molecule has 1 aromatic rings. The van der Waals surface area contributed by atoms with Gasteiger partial charge in [0.15, 0.2) is 0 Å². The lowest BCUT2D eigenvalue weighted by Crippen LogP contribution is -2.24. The van der Waals surface area contributed by atoms with Crippen LogP contribution in [0.15, 0.2) is 6.07 Å². The minimum atomic E-state index is 0.301. The van der Waals surface area contributed by atoms with Gasteiger partial charge in [0, 0.05) is 9.75 Å². The van der Waals surface area contributed by atoms with Crippen molar-refractivity contribution >= 4 is 11.3 Å². The first-order chi connectivity index (χ1) is 6.31. The average Bonchev–Trinajstić information content (AvgIpc) is 2.59. The minimum Gasteiger partial charge on any atom is -0.271 e. The Balaban J connectivity index is 2.25. The third kappa shape index (κ3) is 1.77. The molecule has 1 atom stereocenters. The molecule has 13 heavy (non-hydrogen) atoms. The number of nitrogens with one attached hydrogen (secondary N) is 1. The predicted octanol–water partition coefficient (Wildman–Crippen LogP) is 2.15. The first-order valence-corrected chi connectivity index (χ1v) is 5.70. The van der Waals surface area contributed by atoms with Crippen molar-refractivity contribution in [2.75, 3.05) is 0 Å². The second kappa shape index (κ2) is 3.78. The molecule has 0 aromatic carbocycles. The molecule has 0 spiro atoms. The molecule has 72 valence electrons. The topological polar surface area (TPSA) is 38.0 Å². The van der Waals surface area contributed by atoms with E-state index in [4.69, 9.17) is 5.84 Å². The zero-order valence-electron chi connectivity index (χ0n) is 7.97. The fraction of sp³-hybridized carbons (Fsp3) is 0.600. The van der Waals surface area contributed by atoms with Crippen LogP contribution in [0.3, 0.4) is 0 Å². The Morgan fingerprint density at radius 2 is 2.23 bits per heavy atom.